The van der Waals surface area contributed by atoms with Crippen molar-refractivity contribution in [3.8, 4) is 5.75 Å². The minimum Gasteiger partial charge on any atom is -0.484 e. The van der Waals surface area contributed by atoms with Gasteiger partial charge in [-0.05, 0) is 36.4 Å². The third-order valence-corrected chi connectivity index (χ3v) is 4.41. The topological polar surface area (TPSA) is 98.5 Å². The van der Waals surface area contributed by atoms with Crippen molar-refractivity contribution in [3.63, 3.8) is 0 Å². The van der Waals surface area contributed by atoms with Gasteiger partial charge in [0.05, 0.1) is 15.7 Å². The first-order valence-corrected chi connectivity index (χ1v) is 8.56. The molecule has 138 valence electrons. The van der Waals surface area contributed by atoms with Crippen LogP contribution in [0.25, 0.3) is 0 Å². The zero-order valence-electron chi connectivity index (χ0n) is 13.7. The van der Waals surface area contributed by atoms with Crippen molar-refractivity contribution in [1.82, 2.24) is 10.2 Å². The molecule has 1 amide bonds. The van der Waals surface area contributed by atoms with Gasteiger partial charge in [-0.2, -0.15) is 0 Å². The average Bonchev–Trinajstić information content (AvgIpc) is 3.10. The number of halogens is 2. The van der Waals surface area contributed by atoms with Gasteiger partial charge in [0.2, 0.25) is 0 Å². The monoisotopic (exact) mass is 406 g/mol. The van der Waals surface area contributed by atoms with E-state index in [1.54, 1.807) is 36.4 Å². The summed E-state index contributed by atoms with van der Waals surface area (Å²) in [6, 6.07) is 10.5. The lowest BCUT2D eigenvalue weighted by molar-refractivity contribution is 0.151. The first kappa shape index (κ1) is 17.4. The summed E-state index contributed by atoms with van der Waals surface area (Å²) in [5, 5.41) is 14.2. The van der Waals surface area contributed by atoms with Gasteiger partial charge in [0.1, 0.15) is 12.4 Å². The van der Waals surface area contributed by atoms with Crippen LogP contribution in [-0.4, -0.2) is 16.3 Å². The van der Waals surface area contributed by atoms with Crippen molar-refractivity contribution in [2.75, 3.05) is 10.6 Å². The van der Waals surface area contributed by atoms with E-state index >= 15 is 0 Å². The Balaban J connectivity index is 1.38. The predicted octanol–water partition coefficient (Wildman–Crippen LogP) is 4.76. The van der Waals surface area contributed by atoms with Crippen molar-refractivity contribution in [3.05, 3.63) is 57.9 Å². The van der Waals surface area contributed by atoms with E-state index in [9.17, 15) is 4.79 Å². The smallest absolute Gasteiger partial charge is 0.411 e. The molecule has 0 bridgehead atoms. The summed E-state index contributed by atoms with van der Waals surface area (Å²) in [5.74, 6) is 0.880. The lowest BCUT2D eigenvalue weighted by Crippen LogP contribution is -2.20. The van der Waals surface area contributed by atoms with Gasteiger partial charge in [-0.1, -0.05) is 28.3 Å². The van der Waals surface area contributed by atoms with Crippen LogP contribution in [0.1, 0.15) is 11.5 Å². The number of nitrogens with zero attached hydrogens (tertiary/aromatic N) is 2. The van der Waals surface area contributed by atoms with E-state index in [0.717, 1.165) is 5.56 Å². The molecule has 0 unspecified atom stereocenters. The molecule has 0 saturated carbocycles. The minimum absolute atomic E-state index is 0.0854. The van der Waals surface area contributed by atoms with E-state index < -0.39 is 6.09 Å². The van der Waals surface area contributed by atoms with Gasteiger partial charge in [-0.15, -0.1) is 5.10 Å². The van der Waals surface area contributed by atoms with Gasteiger partial charge in [-0.25, -0.2) is 4.79 Å². The van der Waals surface area contributed by atoms with Crippen molar-refractivity contribution < 1.29 is 18.7 Å². The van der Waals surface area contributed by atoms with Crippen LogP contribution >= 0.6 is 23.2 Å². The average molecular weight is 407 g/mol. The Morgan fingerprint density at radius 3 is 2.89 bits per heavy atom. The molecule has 0 radical (unpaired) electrons. The molecule has 8 nitrogen and oxygen atoms in total. The highest BCUT2D eigenvalue weighted by Gasteiger charge is 2.16. The molecule has 1 aliphatic rings. The highest BCUT2D eigenvalue weighted by Crippen LogP contribution is 2.28. The van der Waals surface area contributed by atoms with Crippen molar-refractivity contribution in [2.45, 2.75) is 13.2 Å². The van der Waals surface area contributed by atoms with Crippen LogP contribution in [0.2, 0.25) is 10.0 Å². The summed E-state index contributed by atoms with van der Waals surface area (Å²) in [5.41, 5.74) is 2.18. The summed E-state index contributed by atoms with van der Waals surface area (Å²) in [6.07, 6.45) is -0.468. The standard InChI is InChI=1S/C17H12Cl2N4O4/c18-12-3-1-10(6-13(12)19)20-16-23-22-15(27-16)8-25-11-2-4-14-9(5-11)7-26-17(24)21-14/h1-6H,7-8H2,(H,20,23)(H,21,24). The quantitative estimate of drug-likeness (QED) is 0.629. The van der Waals surface area contributed by atoms with E-state index in [1.807, 2.05) is 0 Å². The molecule has 0 saturated heterocycles. The third-order valence-electron chi connectivity index (χ3n) is 3.67. The van der Waals surface area contributed by atoms with Crippen LogP contribution < -0.4 is 15.4 Å². The Hall–Kier alpha value is -2.97. The number of carbonyl (C=O) groups excluding carboxylic acids is 1. The van der Waals surface area contributed by atoms with E-state index in [1.165, 1.54) is 0 Å². The van der Waals surface area contributed by atoms with Crippen molar-refractivity contribution in [2.24, 2.45) is 0 Å². The Kier molecular flexibility index (Phi) is 4.74. The molecule has 1 aliphatic heterocycles. The highest BCUT2D eigenvalue weighted by atomic mass is 35.5. The minimum atomic E-state index is -0.468. The molecule has 0 atom stereocenters. The van der Waals surface area contributed by atoms with Crippen molar-refractivity contribution >= 4 is 46.7 Å². The van der Waals surface area contributed by atoms with Crippen LogP contribution in [0.5, 0.6) is 5.75 Å². The Morgan fingerprint density at radius 2 is 2.04 bits per heavy atom. The number of hydrogen-bond acceptors (Lipinski definition) is 7. The molecule has 3 aromatic rings. The summed E-state index contributed by atoms with van der Waals surface area (Å²) < 4.78 is 16.1. The third kappa shape index (κ3) is 4.07. The second-order valence-corrected chi connectivity index (χ2v) is 6.38. The first-order chi connectivity index (χ1) is 13.1. The summed E-state index contributed by atoms with van der Waals surface area (Å²) >= 11 is 11.9. The molecule has 0 fully saturated rings. The lowest BCUT2D eigenvalue weighted by atomic mass is 10.1. The maximum atomic E-state index is 11.2. The Morgan fingerprint density at radius 1 is 1.15 bits per heavy atom. The largest absolute Gasteiger partial charge is 0.484 e. The number of aromatic nitrogens is 2. The second kappa shape index (κ2) is 7.34. The molecular weight excluding hydrogens is 395 g/mol. The molecular formula is C17H12Cl2N4O4. The number of cyclic esters (lactones) is 1. The zero-order chi connectivity index (χ0) is 18.8. The molecule has 27 heavy (non-hydrogen) atoms. The highest BCUT2D eigenvalue weighted by molar-refractivity contribution is 6.42. The van der Waals surface area contributed by atoms with Crippen LogP contribution in [0.3, 0.4) is 0 Å². The summed E-state index contributed by atoms with van der Waals surface area (Å²) in [7, 11) is 0. The number of hydrogen-bond donors (Lipinski definition) is 2. The molecule has 2 heterocycles. The molecule has 10 heteroatoms. The Labute approximate surface area is 163 Å². The van der Waals surface area contributed by atoms with E-state index in [0.29, 0.717) is 33.1 Å². The molecule has 2 N–H and O–H groups in total. The van der Waals surface area contributed by atoms with Gasteiger partial charge >= 0.3 is 12.1 Å². The molecule has 1 aromatic heterocycles. The fraction of sp³-hybridized carbons (Fsp3) is 0.118. The maximum Gasteiger partial charge on any atom is 0.411 e. The van der Waals surface area contributed by atoms with Crippen LogP contribution in [0, 0.1) is 0 Å². The molecule has 2 aromatic carbocycles. The van der Waals surface area contributed by atoms with Gasteiger partial charge in [0.25, 0.3) is 5.89 Å². The van der Waals surface area contributed by atoms with Crippen LogP contribution in [0.4, 0.5) is 22.2 Å². The normalized spacial score (nSPS) is 12.7. The number of amides is 1. The summed E-state index contributed by atoms with van der Waals surface area (Å²) in [6.45, 7) is 0.276. The van der Waals surface area contributed by atoms with Crippen LogP contribution in [-0.2, 0) is 18.0 Å². The number of nitrogens with one attached hydrogen (secondary N) is 2. The number of ether oxygens (including phenoxy) is 2. The van der Waals surface area contributed by atoms with Gasteiger partial charge in [-0.3, -0.25) is 5.32 Å². The molecule has 4 rings (SSSR count). The van der Waals surface area contributed by atoms with Crippen LogP contribution in [0.15, 0.2) is 40.8 Å². The number of benzene rings is 2. The van der Waals surface area contributed by atoms with E-state index in [4.69, 9.17) is 37.1 Å². The van der Waals surface area contributed by atoms with Crippen molar-refractivity contribution in [1.29, 1.82) is 0 Å². The first-order valence-electron chi connectivity index (χ1n) is 7.81. The summed E-state index contributed by atoms with van der Waals surface area (Å²) in [4.78, 5) is 11.2. The number of carbonyl (C=O) groups is 1. The van der Waals surface area contributed by atoms with Gasteiger partial charge < -0.3 is 19.2 Å². The van der Waals surface area contributed by atoms with Gasteiger partial charge in [0, 0.05) is 11.3 Å². The van der Waals surface area contributed by atoms with E-state index in [2.05, 4.69) is 20.8 Å². The number of anilines is 3. The fourth-order valence-corrected chi connectivity index (χ4v) is 2.69. The van der Waals surface area contributed by atoms with E-state index in [-0.39, 0.29) is 19.2 Å². The van der Waals surface area contributed by atoms with Gasteiger partial charge in [0.15, 0.2) is 6.61 Å². The zero-order valence-corrected chi connectivity index (χ0v) is 15.2. The lowest BCUT2D eigenvalue weighted by Gasteiger charge is -2.17. The number of fused-ring (bicyclic) bond motifs is 1. The maximum absolute atomic E-state index is 11.2. The molecule has 0 aliphatic carbocycles. The fourth-order valence-electron chi connectivity index (χ4n) is 2.40. The predicted molar refractivity (Wildman–Crippen MR) is 98.6 cm³/mol. The SMILES string of the molecule is O=C1Nc2ccc(OCc3nnc(Nc4ccc(Cl)c(Cl)c4)o3)cc2CO1. The Bertz CT molecular complexity index is 1010. The second-order valence-electron chi connectivity index (χ2n) is 5.56. The molecule has 0 spiro atoms. The number of rotatable bonds is 5.